The van der Waals surface area contributed by atoms with E-state index in [1.807, 2.05) is 0 Å². The Hall–Kier alpha value is -1.79. The summed E-state index contributed by atoms with van der Waals surface area (Å²) in [7, 11) is 0. The topological polar surface area (TPSA) is 31.6 Å². The minimum Gasteiger partial charge on any atom is -0.461 e. The molecule has 0 unspecified atom stereocenters. The lowest BCUT2D eigenvalue weighted by Crippen LogP contribution is -2.31. The second-order valence-corrected chi connectivity index (χ2v) is 4.87. The van der Waals surface area contributed by atoms with Crippen LogP contribution in [0, 0.1) is 6.92 Å². The molecule has 1 aromatic carbocycles. The molecule has 3 rings (SSSR count). The fourth-order valence-corrected chi connectivity index (χ4v) is 2.20. The molecular formula is C15H13F3O3. The molecule has 0 N–H and O–H groups in total. The van der Waals surface area contributed by atoms with Crippen molar-refractivity contribution in [2.75, 3.05) is 0 Å². The molecule has 0 aliphatic carbocycles. The fourth-order valence-electron chi connectivity index (χ4n) is 2.20. The molecule has 3 nitrogen and oxygen atoms in total. The van der Waals surface area contributed by atoms with Gasteiger partial charge < -0.3 is 13.9 Å². The molecule has 0 bridgehead atoms. The Morgan fingerprint density at radius 1 is 1.05 bits per heavy atom. The van der Waals surface area contributed by atoms with Crippen LogP contribution < -0.4 is 0 Å². The molecule has 2 aromatic rings. The van der Waals surface area contributed by atoms with Crippen LogP contribution in [0.15, 0.2) is 34.7 Å². The molecule has 1 aromatic heterocycles. The van der Waals surface area contributed by atoms with E-state index in [1.54, 1.807) is 19.9 Å². The van der Waals surface area contributed by atoms with E-state index >= 15 is 0 Å². The van der Waals surface area contributed by atoms with Crippen molar-refractivity contribution in [1.82, 2.24) is 0 Å². The summed E-state index contributed by atoms with van der Waals surface area (Å²) in [5.41, 5.74) is 0.641. The van der Waals surface area contributed by atoms with Crippen LogP contribution in [0.25, 0.3) is 11.3 Å². The Balaban J connectivity index is 1.86. The molecule has 0 radical (unpaired) electrons. The first-order chi connectivity index (χ1) is 9.84. The first-order valence-corrected chi connectivity index (χ1v) is 6.43. The van der Waals surface area contributed by atoms with Crippen LogP contribution in [0.2, 0.25) is 0 Å². The van der Waals surface area contributed by atoms with Crippen molar-refractivity contribution in [2.24, 2.45) is 0 Å². The summed E-state index contributed by atoms with van der Waals surface area (Å²) in [6.07, 6.45) is -5.06. The van der Waals surface area contributed by atoms with Gasteiger partial charge >= 0.3 is 6.18 Å². The second-order valence-electron chi connectivity index (χ2n) is 4.87. The van der Waals surface area contributed by atoms with Gasteiger partial charge in [0.15, 0.2) is 12.6 Å². The molecule has 0 amide bonds. The molecule has 1 fully saturated rings. The Kier molecular flexibility index (Phi) is 3.30. The summed E-state index contributed by atoms with van der Waals surface area (Å²) in [5, 5.41) is 0. The maximum atomic E-state index is 12.5. The Bertz CT molecular complexity index is 637. The van der Waals surface area contributed by atoms with E-state index in [0.29, 0.717) is 17.1 Å². The maximum absolute atomic E-state index is 12.5. The lowest BCUT2D eigenvalue weighted by atomic mass is 10.1. The van der Waals surface area contributed by atoms with Gasteiger partial charge in [-0.25, -0.2) is 0 Å². The number of ether oxygens (including phenoxy) is 2. The van der Waals surface area contributed by atoms with E-state index in [-0.39, 0.29) is 6.29 Å². The summed E-state index contributed by atoms with van der Waals surface area (Å²) in [4.78, 5) is 0. The van der Waals surface area contributed by atoms with Gasteiger partial charge in [-0.3, -0.25) is 0 Å². The summed E-state index contributed by atoms with van der Waals surface area (Å²) >= 11 is 0. The smallest absolute Gasteiger partial charge is 0.416 e. The minimum absolute atomic E-state index is 0.251. The summed E-state index contributed by atoms with van der Waals surface area (Å²) in [6.45, 7) is 3.54. The third kappa shape index (κ3) is 2.69. The zero-order chi connectivity index (χ0) is 15.2. The molecule has 21 heavy (non-hydrogen) atoms. The predicted octanol–water partition coefficient (Wildman–Crippen LogP) is 4.67. The third-order valence-electron chi connectivity index (χ3n) is 3.34. The van der Waals surface area contributed by atoms with E-state index in [4.69, 9.17) is 13.9 Å². The first-order valence-electron chi connectivity index (χ1n) is 6.43. The van der Waals surface area contributed by atoms with E-state index in [0.717, 1.165) is 17.7 Å². The number of halogens is 3. The van der Waals surface area contributed by atoms with Crippen LogP contribution in [0.1, 0.15) is 30.1 Å². The Morgan fingerprint density at radius 2 is 1.67 bits per heavy atom. The molecule has 0 spiro atoms. The van der Waals surface area contributed by atoms with Gasteiger partial charge in [0.25, 0.3) is 0 Å². The molecule has 0 atom stereocenters. The van der Waals surface area contributed by atoms with Gasteiger partial charge in [-0.15, -0.1) is 0 Å². The van der Waals surface area contributed by atoms with Crippen molar-refractivity contribution < 1.29 is 27.1 Å². The van der Waals surface area contributed by atoms with Crippen LogP contribution in [0.3, 0.4) is 0 Å². The van der Waals surface area contributed by atoms with Gasteiger partial charge in [0, 0.05) is 11.1 Å². The normalized spacial score (nSPS) is 22.1. The summed E-state index contributed by atoms with van der Waals surface area (Å²) in [6, 6.07) is 6.57. The monoisotopic (exact) mass is 298 g/mol. The van der Waals surface area contributed by atoms with Gasteiger partial charge in [-0.2, -0.15) is 13.2 Å². The van der Waals surface area contributed by atoms with Gasteiger partial charge in [0.1, 0.15) is 11.5 Å². The molecule has 2 heterocycles. The quantitative estimate of drug-likeness (QED) is 0.807. The average Bonchev–Trinajstić information content (AvgIpc) is 2.76. The van der Waals surface area contributed by atoms with Crippen molar-refractivity contribution >= 4 is 0 Å². The molecule has 1 aliphatic rings. The highest BCUT2D eigenvalue weighted by molar-refractivity contribution is 5.59. The van der Waals surface area contributed by atoms with Crippen molar-refractivity contribution in [3.63, 3.8) is 0 Å². The standard InChI is InChI=1S/C15H13F3O3/c1-8-12(14-20-9(2)21-14)7-13(19-8)10-3-5-11(6-4-10)15(16,17)18/h3-7,9,14H,1-2H3. The number of aryl methyl sites for hydroxylation is 1. The Morgan fingerprint density at radius 3 is 2.19 bits per heavy atom. The number of furan rings is 1. The van der Waals surface area contributed by atoms with Crippen molar-refractivity contribution in [3.8, 4) is 11.3 Å². The Labute approximate surface area is 119 Å². The number of hydrogen-bond acceptors (Lipinski definition) is 3. The van der Waals surface area contributed by atoms with Crippen molar-refractivity contribution in [3.05, 3.63) is 47.2 Å². The van der Waals surface area contributed by atoms with Crippen LogP contribution >= 0.6 is 0 Å². The van der Waals surface area contributed by atoms with Crippen LogP contribution in [-0.4, -0.2) is 6.29 Å². The number of rotatable bonds is 2. The van der Waals surface area contributed by atoms with Crippen molar-refractivity contribution in [1.29, 1.82) is 0 Å². The number of hydrogen-bond donors (Lipinski definition) is 0. The van der Waals surface area contributed by atoms with Crippen molar-refractivity contribution in [2.45, 2.75) is 32.6 Å². The third-order valence-corrected chi connectivity index (χ3v) is 3.34. The van der Waals surface area contributed by atoms with Gasteiger partial charge in [-0.05, 0) is 32.0 Å². The van der Waals surface area contributed by atoms with Crippen LogP contribution in [0.4, 0.5) is 13.2 Å². The SMILES string of the molecule is Cc1oc(-c2ccc(C(F)(F)F)cc2)cc1C1OC(C)O1. The van der Waals surface area contributed by atoms with Gasteiger partial charge in [0.2, 0.25) is 0 Å². The summed E-state index contributed by atoms with van der Waals surface area (Å²) < 4.78 is 53.9. The minimum atomic E-state index is -4.34. The highest BCUT2D eigenvalue weighted by atomic mass is 19.4. The first kappa shape index (κ1) is 14.2. The predicted molar refractivity (Wildman–Crippen MR) is 68.3 cm³/mol. The molecule has 112 valence electrons. The van der Waals surface area contributed by atoms with E-state index in [2.05, 4.69) is 0 Å². The maximum Gasteiger partial charge on any atom is 0.416 e. The average molecular weight is 298 g/mol. The van der Waals surface area contributed by atoms with Gasteiger partial charge in [-0.1, -0.05) is 12.1 Å². The van der Waals surface area contributed by atoms with Gasteiger partial charge in [0.05, 0.1) is 5.56 Å². The molecule has 0 saturated carbocycles. The van der Waals surface area contributed by atoms with E-state index in [9.17, 15) is 13.2 Å². The highest BCUT2D eigenvalue weighted by Gasteiger charge is 2.32. The fraction of sp³-hybridized carbons (Fsp3) is 0.333. The zero-order valence-corrected chi connectivity index (χ0v) is 11.4. The van der Waals surface area contributed by atoms with E-state index < -0.39 is 18.0 Å². The number of benzene rings is 1. The molecule has 6 heteroatoms. The molecule has 1 aliphatic heterocycles. The number of alkyl halides is 3. The largest absolute Gasteiger partial charge is 0.461 e. The highest BCUT2D eigenvalue weighted by Crippen LogP contribution is 2.38. The van der Waals surface area contributed by atoms with E-state index in [1.165, 1.54) is 12.1 Å². The zero-order valence-electron chi connectivity index (χ0n) is 11.4. The lowest BCUT2D eigenvalue weighted by Gasteiger charge is -2.33. The second kappa shape index (κ2) is 4.89. The molecular weight excluding hydrogens is 285 g/mol. The van der Waals surface area contributed by atoms with Crippen LogP contribution in [0.5, 0.6) is 0 Å². The molecule has 1 saturated heterocycles. The lowest BCUT2D eigenvalue weighted by molar-refractivity contribution is -0.382. The summed E-state index contributed by atoms with van der Waals surface area (Å²) in [5.74, 6) is 1.12. The van der Waals surface area contributed by atoms with Crippen LogP contribution in [-0.2, 0) is 15.7 Å².